The summed E-state index contributed by atoms with van der Waals surface area (Å²) in [7, 11) is 1.61. The standard InChI is InChI=1S/C20H20N2O3/c1-15(18-5-3-4-6-19(18)24-2)22-20(23)12-9-16-7-10-17(11-8-16)25-14-13-21/h3-12,15H,14H2,1-2H3,(H,22,23)/b12-9+. The zero-order valence-corrected chi connectivity index (χ0v) is 14.2. The normalized spacial score (nSPS) is 11.6. The number of methoxy groups -OCH3 is 1. The van der Waals surface area contributed by atoms with Crippen molar-refractivity contribution in [3.63, 3.8) is 0 Å². The van der Waals surface area contributed by atoms with Crippen molar-refractivity contribution in [3.05, 3.63) is 65.7 Å². The van der Waals surface area contributed by atoms with E-state index in [1.807, 2.05) is 49.4 Å². The molecule has 5 heteroatoms. The van der Waals surface area contributed by atoms with Crippen LogP contribution in [0.2, 0.25) is 0 Å². The molecule has 1 amide bonds. The molecule has 2 aromatic rings. The maximum Gasteiger partial charge on any atom is 0.244 e. The Balaban J connectivity index is 1.95. The second-order valence-corrected chi connectivity index (χ2v) is 5.32. The van der Waals surface area contributed by atoms with E-state index in [4.69, 9.17) is 14.7 Å². The highest BCUT2D eigenvalue weighted by Crippen LogP contribution is 2.24. The predicted molar refractivity (Wildman–Crippen MR) is 96.1 cm³/mol. The van der Waals surface area contributed by atoms with Gasteiger partial charge in [-0.3, -0.25) is 4.79 Å². The number of rotatable bonds is 7. The predicted octanol–water partition coefficient (Wildman–Crippen LogP) is 3.49. The summed E-state index contributed by atoms with van der Waals surface area (Å²) in [5.41, 5.74) is 1.79. The van der Waals surface area contributed by atoms with Gasteiger partial charge in [0, 0.05) is 11.6 Å². The van der Waals surface area contributed by atoms with Crippen LogP contribution in [0.3, 0.4) is 0 Å². The Morgan fingerprint density at radius 3 is 2.64 bits per heavy atom. The van der Waals surface area contributed by atoms with E-state index in [0.717, 1.165) is 16.9 Å². The van der Waals surface area contributed by atoms with Gasteiger partial charge >= 0.3 is 0 Å². The van der Waals surface area contributed by atoms with E-state index < -0.39 is 0 Å². The lowest BCUT2D eigenvalue weighted by atomic mass is 10.1. The van der Waals surface area contributed by atoms with Crippen molar-refractivity contribution in [1.82, 2.24) is 5.32 Å². The molecule has 0 fully saturated rings. The summed E-state index contributed by atoms with van der Waals surface area (Å²) in [6, 6.07) is 16.5. The third kappa shape index (κ3) is 5.40. The molecule has 0 saturated heterocycles. The Bertz CT molecular complexity index is 776. The van der Waals surface area contributed by atoms with E-state index in [1.54, 1.807) is 25.3 Å². The molecule has 0 aromatic heterocycles. The Morgan fingerprint density at radius 1 is 1.24 bits per heavy atom. The lowest BCUT2D eigenvalue weighted by Crippen LogP contribution is -2.24. The molecule has 2 aromatic carbocycles. The summed E-state index contributed by atoms with van der Waals surface area (Å²) in [4.78, 5) is 12.1. The van der Waals surface area contributed by atoms with Crippen LogP contribution in [0.25, 0.3) is 6.08 Å². The number of nitriles is 1. The Hall–Kier alpha value is -3.26. The van der Waals surface area contributed by atoms with Crippen LogP contribution in [0.5, 0.6) is 11.5 Å². The van der Waals surface area contributed by atoms with Crippen molar-refractivity contribution in [3.8, 4) is 17.6 Å². The molecule has 0 spiro atoms. The van der Waals surface area contributed by atoms with E-state index >= 15 is 0 Å². The fourth-order valence-electron chi connectivity index (χ4n) is 2.33. The van der Waals surface area contributed by atoms with E-state index in [1.165, 1.54) is 6.08 Å². The Morgan fingerprint density at radius 2 is 1.96 bits per heavy atom. The highest BCUT2D eigenvalue weighted by Gasteiger charge is 2.11. The quantitative estimate of drug-likeness (QED) is 0.786. The molecule has 1 unspecified atom stereocenters. The smallest absolute Gasteiger partial charge is 0.244 e. The third-order valence-electron chi connectivity index (χ3n) is 3.57. The maximum atomic E-state index is 12.1. The second-order valence-electron chi connectivity index (χ2n) is 5.32. The van der Waals surface area contributed by atoms with Gasteiger partial charge in [0.2, 0.25) is 5.91 Å². The van der Waals surface area contributed by atoms with Crippen molar-refractivity contribution < 1.29 is 14.3 Å². The first kappa shape index (κ1) is 18.1. The van der Waals surface area contributed by atoms with E-state index in [2.05, 4.69) is 5.32 Å². The number of nitrogens with zero attached hydrogens (tertiary/aromatic N) is 1. The molecule has 0 aliphatic rings. The monoisotopic (exact) mass is 336 g/mol. The van der Waals surface area contributed by atoms with Gasteiger partial charge in [0.05, 0.1) is 13.2 Å². The summed E-state index contributed by atoms with van der Waals surface area (Å²) < 4.78 is 10.5. The van der Waals surface area contributed by atoms with Crippen LogP contribution < -0.4 is 14.8 Å². The van der Waals surface area contributed by atoms with Crippen LogP contribution in [-0.4, -0.2) is 19.6 Å². The lowest BCUT2D eigenvalue weighted by Gasteiger charge is -2.16. The zero-order valence-electron chi connectivity index (χ0n) is 14.2. The fraction of sp³-hybridized carbons (Fsp3) is 0.200. The molecule has 0 heterocycles. The second kappa shape index (κ2) is 9.14. The van der Waals surface area contributed by atoms with Crippen molar-refractivity contribution in [2.24, 2.45) is 0 Å². The van der Waals surface area contributed by atoms with Crippen molar-refractivity contribution in [2.45, 2.75) is 13.0 Å². The first-order chi connectivity index (χ1) is 12.1. The number of hydrogen-bond acceptors (Lipinski definition) is 4. The van der Waals surface area contributed by atoms with Gasteiger partial charge in [-0.1, -0.05) is 30.3 Å². The average Bonchev–Trinajstić information content (AvgIpc) is 2.65. The van der Waals surface area contributed by atoms with Gasteiger partial charge in [0.15, 0.2) is 6.61 Å². The molecule has 0 aliphatic carbocycles. The van der Waals surface area contributed by atoms with Crippen LogP contribution in [0.4, 0.5) is 0 Å². The number of carbonyl (C=O) groups is 1. The molecule has 128 valence electrons. The minimum absolute atomic E-state index is 0.0123. The minimum atomic E-state index is -0.191. The van der Waals surface area contributed by atoms with Crippen molar-refractivity contribution in [2.75, 3.05) is 13.7 Å². The summed E-state index contributed by atoms with van der Waals surface area (Å²) in [6.07, 6.45) is 3.20. The summed E-state index contributed by atoms with van der Waals surface area (Å²) in [6.45, 7) is 1.92. The van der Waals surface area contributed by atoms with Gasteiger partial charge in [-0.2, -0.15) is 5.26 Å². The minimum Gasteiger partial charge on any atom is -0.496 e. The lowest BCUT2D eigenvalue weighted by molar-refractivity contribution is -0.117. The van der Waals surface area contributed by atoms with E-state index in [9.17, 15) is 4.79 Å². The summed E-state index contributed by atoms with van der Waals surface area (Å²) >= 11 is 0. The Kier molecular flexibility index (Phi) is 6.61. The summed E-state index contributed by atoms with van der Waals surface area (Å²) in [5.74, 6) is 1.17. The highest BCUT2D eigenvalue weighted by atomic mass is 16.5. The van der Waals surface area contributed by atoms with E-state index in [0.29, 0.717) is 5.75 Å². The third-order valence-corrected chi connectivity index (χ3v) is 3.57. The topological polar surface area (TPSA) is 71.3 Å². The summed E-state index contributed by atoms with van der Waals surface area (Å²) in [5, 5.41) is 11.4. The average molecular weight is 336 g/mol. The van der Waals surface area contributed by atoms with Gasteiger partial charge in [0.1, 0.15) is 17.6 Å². The van der Waals surface area contributed by atoms with Gasteiger partial charge < -0.3 is 14.8 Å². The van der Waals surface area contributed by atoms with Crippen LogP contribution >= 0.6 is 0 Å². The molecule has 1 atom stereocenters. The molecule has 5 nitrogen and oxygen atoms in total. The molecule has 0 aliphatic heterocycles. The molecular formula is C20H20N2O3. The molecular weight excluding hydrogens is 316 g/mol. The van der Waals surface area contributed by atoms with Crippen LogP contribution in [0.1, 0.15) is 24.1 Å². The number of ether oxygens (including phenoxy) is 2. The maximum absolute atomic E-state index is 12.1. The number of benzene rings is 2. The highest BCUT2D eigenvalue weighted by molar-refractivity contribution is 5.92. The first-order valence-corrected chi connectivity index (χ1v) is 7.85. The Labute approximate surface area is 147 Å². The van der Waals surface area contributed by atoms with Crippen molar-refractivity contribution >= 4 is 12.0 Å². The number of nitrogens with one attached hydrogen (secondary N) is 1. The van der Waals surface area contributed by atoms with Gasteiger partial charge in [-0.15, -0.1) is 0 Å². The van der Waals surface area contributed by atoms with Crippen LogP contribution in [0, 0.1) is 11.3 Å². The number of amides is 1. The largest absolute Gasteiger partial charge is 0.496 e. The number of carbonyl (C=O) groups excluding carboxylic acids is 1. The molecule has 0 bridgehead atoms. The fourth-order valence-corrected chi connectivity index (χ4v) is 2.33. The zero-order chi connectivity index (χ0) is 18.1. The van der Waals surface area contributed by atoms with Crippen LogP contribution in [0.15, 0.2) is 54.6 Å². The first-order valence-electron chi connectivity index (χ1n) is 7.85. The molecule has 2 rings (SSSR count). The number of hydrogen-bond donors (Lipinski definition) is 1. The SMILES string of the molecule is COc1ccccc1C(C)NC(=O)/C=C/c1ccc(OCC#N)cc1. The molecule has 1 N–H and O–H groups in total. The molecule has 0 saturated carbocycles. The van der Waals surface area contributed by atoms with Gasteiger partial charge in [-0.05, 0) is 36.8 Å². The molecule has 25 heavy (non-hydrogen) atoms. The van der Waals surface area contributed by atoms with Gasteiger partial charge in [0.25, 0.3) is 0 Å². The number of para-hydroxylation sites is 1. The van der Waals surface area contributed by atoms with E-state index in [-0.39, 0.29) is 18.6 Å². The van der Waals surface area contributed by atoms with Crippen molar-refractivity contribution in [1.29, 1.82) is 5.26 Å². The van der Waals surface area contributed by atoms with Crippen LogP contribution in [-0.2, 0) is 4.79 Å². The van der Waals surface area contributed by atoms with Gasteiger partial charge in [-0.25, -0.2) is 0 Å². The molecule has 0 radical (unpaired) electrons.